The van der Waals surface area contributed by atoms with E-state index in [-0.39, 0.29) is 5.69 Å². The Morgan fingerprint density at radius 3 is 2.56 bits per heavy atom. The zero-order valence-corrected chi connectivity index (χ0v) is 20.3. The summed E-state index contributed by atoms with van der Waals surface area (Å²) in [5, 5.41) is 20.2. The van der Waals surface area contributed by atoms with Crippen molar-refractivity contribution in [2.45, 2.75) is 27.2 Å². The van der Waals surface area contributed by atoms with Crippen molar-refractivity contribution in [1.82, 2.24) is 24.5 Å². The molecule has 0 saturated carbocycles. The fourth-order valence-electron chi connectivity index (χ4n) is 3.57. The molecule has 1 aromatic carbocycles. The zero-order valence-electron chi connectivity index (χ0n) is 17.9. The van der Waals surface area contributed by atoms with Gasteiger partial charge in [-0.3, -0.25) is 4.68 Å². The normalized spacial score (nSPS) is 11.5. The molecule has 10 heteroatoms. The number of benzene rings is 1. The molecule has 0 amide bonds. The maximum atomic E-state index is 12.3. The lowest BCUT2D eigenvalue weighted by molar-refractivity contribution is 0.0688. The van der Waals surface area contributed by atoms with Gasteiger partial charge in [-0.2, -0.15) is 14.9 Å². The van der Waals surface area contributed by atoms with Crippen LogP contribution in [0.15, 0.2) is 30.6 Å². The molecule has 32 heavy (non-hydrogen) atoms. The number of aromatic carboxylic acids is 1. The molecule has 166 valence electrons. The molecular formula is C22H21Cl2N5O2S. The van der Waals surface area contributed by atoms with Crippen molar-refractivity contribution in [2.75, 3.05) is 0 Å². The molecule has 1 N–H and O–H groups in total. The number of hydrogen-bond acceptors (Lipinski definition) is 5. The van der Waals surface area contributed by atoms with Crippen molar-refractivity contribution >= 4 is 40.5 Å². The minimum Gasteiger partial charge on any atom is -0.476 e. The van der Waals surface area contributed by atoms with Crippen LogP contribution in [0, 0.1) is 12.8 Å². The lowest BCUT2D eigenvalue weighted by Crippen LogP contribution is -2.09. The topological polar surface area (TPSA) is 85.8 Å². The summed E-state index contributed by atoms with van der Waals surface area (Å²) in [6.07, 6.45) is 4.19. The molecule has 3 aromatic heterocycles. The molecule has 0 radical (unpaired) electrons. The summed E-state index contributed by atoms with van der Waals surface area (Å²) in [5.74, 6) is -0.699. The number of nitrogens with zero attached hydrogens (tertiary/aromatic N) is 5. The van der Waals surface area contributed by atoms with Crippen LogP contribution in [0.5, 0.6) is 0 Å². The SMILES string of the molecule is Cc1nn(-c2nc(-c3ccc(Cl)c(Cl)c3)c(CC(C)C)s2)c(C(=O)O)c1-c1cnn(C)c1. The van der Waals surface area contributed by atoms with Crippen LogP contribution in [0.1, 0.15) is 34.9 Å². The molecular weight excluding hydrogens is 469 g/mol. The number of aromatic nitrogens is 5. The zero-order chi connectivity index (χ0) is 23.2. The fourth-order valence-corrected chi connectivity index (χ4v) is 5.12. The van der Waals surface area contributed by atoms with Crippen molar-refractivity contribution in [3.05, 3.63) is 56.9 Å². The van der Waals surface area contributed by atoms with Gasteiger partial charge in [-0.15, -0.1) is 0 Å². The summed E-state index contributed by atoms with van der Waals surface area (Å²) in [5.41, 5.74) is 3.45. The van der Waals surface area contributed by atoms with Gasteiger partial charge < -0.3 is 5.11 Å². The number of aryl methyl sites for hydroxylation is 2. The molecule has 0 saturated heterocycles. The number of carboxylic acids is 1. The Morgan fingerprint density at radius 2 is 1.97 bits per heavy atom. The molecule has 0 bridgehead atoms. The predicted octanol–water partition coefficient (Wildman–Crippen LogP) is 5.91. The molecule has 4 rings (SSSR count). The van der Waals surface area contributed by atoms with Gasteiger partial charge in [0.25, 0.3) is 0 Å². The molecule has 0 aliphatic heterocycles. The quantitative estimate of drug-likeness (QED) is 0.363. The first kappa shape index (κ1) is 22.5. The second kappa shape index (κ2) is 8.69. The van der Waals surface area contributed by atoms with Crippen molar-refractivity contribution in [3.63, 3.8) is 0 Å². The molecule has 3 heterocycles. The number of carbonyl (C=O) groups is 1. The third-order valence-electron chi connectivity index (χ3n) is 4.91. The average Bonchev–Trinajstić information content (AvgIpc) is 3.40. The van der Waals surface area contributed by atoms with E-state index in [1.54, 1.807) is 43.2 Å². The van der Waals surface area contributed by atoms with Gasteiger partial charge in [-0.05, 0) is 31.4 Å². The second-order valence-corrected chi connectivity index (χ2v) is 9.80. The van der Waals surface area contributed by atoms with Gasteiger partial charge in [-0.25, -0.2) is 9.78 Å². The van der Waals surface area contributed by atoms with Gasteiger partial charge in [0.2, 0.25) is 5.13 Å². The van der Waals surface area contributed by atoms with Gasteiger partial charge in [0.05, 0.1) is 27.6 Å². The molecule has 0 unspecified atom stereocenters. The van der Waals surface area contributed by atoms with E-state index in [0.717, 1.165) is 22.6 Å². The second-order valence-electron chi connectivity index (χ2n) is 7.92. The smallest absolute Gasteiger partial charge is 0.355 e. The maximum absolute atomic E-state index is 12.3. The Kier molecular flexibility index (Phi) is 6.11. The largest absolute Gasteiger partial charge is 0.476 e. The summed E-state index contributed by atoms with van der Waals surface area (Å²) in [6.45, 7) is 6.03. The Bertz CT molecular complexity index is 1320. The van der Waals surface area contributed by atoms with Crippen LogP contribution in [0.3, 0.4) is 0 Å². The monoisotopic (exact) mass is 489 g/mol. The van der Waals surface area contributed by atoms with Gasteiger partial charge >= 0.3 is 5.97 Å². The first-order valence-electron chi connectivity index (χ1n) is 9.93. The summed E-state index contributed by atoms with van der Waals surface area (Å²) in [7, 11) is 1.78. The van der Waals surface area contributed by atoms with E-state index in [0.29, 0.717) is 37.9 Å². The lowest BCUT2D eigenvalue weighted by atomic mass is 10.0. The molecule has 7 nitrogen and oxygen atoms in total. The molecule has 0 aliphatic rings. The minimum absolute atomic E-state index is 0.0565. The highest BCUT2D eigenvalue weighted by Gasteiger charge is 2.27. The van der Waals surface area contributed by atoms with Crippen molar-refractivity contribution < 1.29 is 9.90 Å². The van der Waals surface area contributed by atoms with Gasteiger partial charge in [-0.1, -0.05) is 54.5 Å². The van der Waals surface area contributed by atoms with E-state index >= 15 is 0 Å². The van der Waals surface area contributed by atoms with Crippen LogP contribution < -0.4 is 0 Å². The first-order valence-corrected chi connectivity index (χ1v) is 11.5. The Morgan fingerprint density at radius 1 is 1.22 bits per heavy atom. The third-order valence-corrected chi connectivity index (χ3v) is 6.70. The minimum atomic E-state index is -1.08. The summed E-state index contributed by atoms with van der Waals surface area (Å²) in [6, 6.07) is 5.38. The summed E-state index contributed by atoms with van der Waals surface area (Å²) in [4.78, 5) is 18.1. The standard InChI is InChI=1S/C22H21Cl2N5O2S/c1-11(2)7-17-19(13-5-6-15(23)16(24)8-13)26-22(32-17)29-20(21(30)31)18(12(3)27-29)14-9-25-28(4)10-14/h5-6,8-11H,7H2,1-4H3,(H,30,31). The number of thiazole rings is 1. The van der Waals surface area contributed by atoms with Crippen LogP contribution in [-0.2, 0) is 13.5 Å². The number of carboxylic acid groups (broad SMARTS) is 1. The van der Waals surface area contributed by atoms with Crippen molar-refractivity contribution in [1.29, 1.82) is 0 Å². The van der Waals surface area contributed by atoms with E-state index in [4.69, 9.17) is 28.2 Å². The van der Waals surface area contributed by atoms with Crippen molar-refractivity contribution in [2.24, 2.45) is 13.0 Å². The van der Waals surface area contributed by atoms with E-state index in [1.807, 2.05) is 6.07 Å². The highest BCUT2D eigenvalue weighted by molar-refractivity contribution is 7.14. The van der Waals surface area contributed by atoms with Crippen LogP contribution in [-0.4, -0.2) is 35.6 Å². The Balaban J connectivity index is 1.91. The lowest BCUT2D eigenvalue weighted by Gasteiger charge is -2.06. The molecule has 0 fully saturated rings. The van der Waals surface area contributed by atoms with Crippen LogP contribution >= 0.6 is 34.5 Å². The van der Waals surface area contributed by atoms with Gasteiger partial charge in [0.1, 0.15) is 0 Å². The summed E-state index contributed by atoms with van der Waals surface area (Å²) >= 11 is 13.8. The molecule has 0 atom stereocenters. The highest BCUT2D eigenvalue weighted by Crippen LogP contribution is 2.37. The maximum Gasteiger partial charge on any atom is 0.355 e. The summed E-state index contributed by atoms with van der Waals surface area (Å²) < 4.78 is 3.04. The third kappa shape index (κ3) is 4.18. The van der Waals surface area contributed by atoms with E-state index in [9.17, 15) is 9.90 Å². The predicted molar refractivity (Wildman–Crippen MR) is 127 cm³/mol. The highest BCUT2D eigenvalue weighted by atomic mass is 35.5. The van der Waals surface area contributed by atoms with E-state index < -0.39 is 5.97 Å². The number of hydrogen-bond donors (Lipinski definition) is 1. The van der Waals surface area contributed by atoms with Crippen LogP contribution in [0.2, 0.25) is 10.0 Å². The van der Waals surface area contributed by atoms with Gasteiger partial charge in [0.15, 0.2) is 5.69 Å². The first-order chi connectivity index (χ1) is 15.2. The Hall–Kier alpha value is -2.68. The van der Waals surface area contributed by atoms with E-state index in [1.165, 1.54) is 16.0 Å². The molecule has 0 aliphatic carbocycles. The Labute approximate surface area is 199 Å². The molecule has 4 aromatic rings. The average molecular weight is 490 g/mol. The molecule has 0 spiro atoms. The fraction of sp³-hybridized carbons (Fsp3) is 0.273. The number of rotatable bonds is 6. The van der Waals surface area contributed by atoms with E-state index in [2.05, 4.69) is 24.0 Å². The number of halogens is 2. The van der Waals surface area contributed by atoms with Crippen LogP contribution in [0.25, 0.3) is 27.5 Å². The van der Waals surface area contributed by atoms with Crippen molar-refractivity contribution in [3.8, 4) is 27.5 Å². The van der Waals surface area contributed by atoms with Crippen LogP contribution in [0.4, 0.5) is 0 Å². The van der Waals surface area contributed by atoms with Gasteiger partial charge in [0, 0.05) is 34.8 Å².